The Morgan fingerprint density at radius 3 is 2.67 bits per heavy atom. The van der Waals surface area contributed by atoms with Crippen LogP contribution in [-0.4, -0.2) is 25.0 Å². The van der Waals surface area contributed by atoms with Gasteiger partial charge in [-0.05, 0) is 22.9 Å². The molecule has 0 aliphatic rings. The van der Waals surface area contributed by atoms with Crippen molar-refractivity contribution in [1.29, 1.82) is 0 Å². The molecule has 0 amide bonds. The first-order valence-corrected chi connectivity index (χ1v) is 5.04. The van der Waals surface area contributed by atoms with Crippen molar-refractivity contribution in [2.24, 2.45) is 7.05 Å². The van der Waals surface area contributed by atoms with Gasteiger partial charge >= 0.3 is 0 Å². The average molecular weight is 269 g/mol. The van der Waals surface area contributed by atoms with Crippen LogP contribution in [0.2, 0.25) is 0 Å². The molecule has 0 fully saturated rings. The van der Waals surface area contributed by atoms with E-state index in [1.54, 1.807) is 24.7 Å². The summed E-state index contributed by atoms with van der Waals surface area (Å²) in [4.78, 5) is 8.28. The highest BCUT2D eigenvalue weighted by molar-refractivity contribution is 9.10. The van der Waals surface area contributed by atoms with Crippen LogP contribution in [0.3, 0.4) is 0 Å². The minimum atomic E-state index is 0.436. The third-order valence-corrected chi connectivity index (χ3v) is 2.42. The van der Waals surface area contributed by atoms with Crippen LogP contribution in [0.25, 0.3) is 11.4 Å². The molecule has 0 saturated carbocycles. The molecule has 0 atom stereocenters. The minimum Gasteiger partial charge on any atom is -0.384 e. The van der Waals surface area contributed by atoms with E-state index in [9.17, 15) is 0 Å². The normalized spacial score (nSPS) is 10.6. The molecule has 2 N–H and O–H groups in total. The van der Waals surface area contributed by atoms with E-state index in [4.69, 9.17) is 5.73 Å². The number of hydrogen-bond donors (Lipinski definition) is 1. The zero-order valence-corrected chi connectivity index (χ0v) is 9.85. The number of hydrogen-bond acceptors (Lipinski definition) is 5. The molecule has 2 aromatic rings. The Labute approximate surface area is 94.7 Å². The lowest BCUT2D eigenvalue weighted by molar-refractivity contribution is 0.718. The van der Waals surface area contributed by atoms with Gasteiger partial charge in [-0.15, -0.1) is 5.10 Å². The Kier molecular flexibility index (Phi) is 2.39. The second-order valence-electron chi connectivity index (χ2n) is 3.08. The second kappa shape index (κ2) is 3.58. The number of nitrogens with two attached hydrogens (primary N) is 1. The quantitative estimate of drug-likeness (QED) is 0.832. The number of halogens is 1. The summed E-state index contributed by atoms with van der Waals surface area (Å²) in [5.41, 5.74) is 7.14. The number of rotatable bonds is 1. The first kappa shape index (κ1) is 10.0. The maximum Gasteiger partial charge on any atom is 0.157 e. The summed E-state index contributed by atoms with van der Waals surface area (Å²) in [5, 5.41) is 7.75. The zero-order valence-electron chi connectivity index (χ0n) is 8.27. The fraction of sp³-hybridized carbons (Fsp3) is 0.250. The predicted molar refractivity (Wildman–Crippen MR) is 58.9 cm³/mol. The van der Waals surface area contributed by atoms with E-state index in [1.807, 2.05) is 0 Å². The first-order chi connectivity index (χ1) is 7.08. The predicted octanol–water partition coefficient (Wildman–Crippen LogP) is 0.925. The Morgan fingerprint density at radius 1 is 1.40 bits per heavy atom. The van der Waals surface area contributed by atoms with Crippen LogP contribution in [0.4, 0.5) is 5.82 Å². The number of anilines is 1. The van der Waals surface area contributed by atoms with Gasteiger partial charge in [0, 0.05) is 13.1 Å². The van der Waals surface area contributed by atoms with Crippen LogP contribution in [0, 0.1) is 6.92 Å². The van der Waals surface area contributed by atoms with Gasteiger partial charge in [-0.1, -0.05) is 5.21 Å². The Balaban J connectivity index is 2.63. The largest absolute Gasteiger partial charge is 0.384 e. The average Bonchev–Trinajstić information content (AvgIpc) is 2.44. The molecule has 0 saturated heterocycles. The van der Waals surface area contributed by atoms with Gasteiger partial charge in [-0.25, -0.2) is 14.6 Å². The van der Waals surface area contributed by atoms with E-state index in [1.165, 1.54) is 0 Å². The molecule has 15 heavy (non-hydrogen) atoms. The van der Waals surface area contributed by atoms with Crippen LogP contribution >= 0.6 is 15.9 Å². The molecule has 0 aliphatic carbocycles. The van der Waals surface area contributed by atoms with Gasteiger partial charge in [0.1, 0.15) is 17.3 Å². The third kappa shape index (κ3) is 1.82. The van der Waals surface area contributed by atoms with E-state index in [-0.39, 0.29) is 0 Å². The summed E-state index contributed by atoms with van der Waals surface area (Å²) in [7, 11) is 1.79. The molecule has 2 aromatic heterocycles. The van der Waals surface area contributed by atoms with Crippen molar-refractivity contribution in [3.63, 3.8) is 0 Å². The van der Waals surface area contributed by atoms with Gasteiger partial charge in [0.25, 0.3) is 0 Å². The van der Waals surface area contributed by atoms with Gasteiger partial charge in [-0.3, -0.25) is 0 Å². The molecule has 7 heteroatoms. The summed E-state index contributed by atoms with van der Waals surface area (Å²) in [6.45, 7) is 1.79. The van der Waals surface area contributed by atoms with E-state index < -0.39 is 0 Å². The fourth-order valence-electron chi connectivity index (χ4n) is 1.32. The topological polar surface area (TPSA) is 82.5 Å². The van der Waals surface area contributed by atoms with Crippen molar-refractivity contribution in [2.75, 3.05) is 5.73 Å². The lowest BCUT2D eigenvalue weighted by Gasteiger charge is -2.03. The lowest BCUT2D eigenvalue weighted by Crippen LogP contribution is -2.01. The van der Waals surface area contributed by atoms with Crippen LogP contribution < -0.4 is 5.73 Å². The number of nitrogen functional groups attached to an aromatic ring is 1. The molecule has 78 valence electrons. The molecule has 2 rings (SSSR count). The van der Waals surface area contributed by atoms with E-state index >= 15 is 0 Å². The summed E-state index contributed by atoms with van der Waals surface area (Å²) < 4.78 is 2.27. The maximum atomic E-state index is 5.65. The van der Waals surface area contributed by atoms with Gasteiger partial charge in [-0.2, -0.15) is 0 Å². The van der Waals surface area contributed by atoms with Crippen LogP contribution in [0.1, 0.15) is 5.82 Å². The van der Waals surface area contributed by atoms with Crippen LogP contribution in [-0.2, 0) is 7.05 Å². The molecular weight excluding hydrogens is 260 g/mol. The van der Waals surface area contributed by atoms with Crippen molar-refractivity contribution in [2.45, 2.75) is 6.92 Å². The Hall–Kier alpha value is -1.50. The summed E-state index contributed by atoms with van der Waals surface area (Å²) >= 11 is 3.31. The molecular formula is C8H9BrN6. The second-order valence-corrected chi connectivity index (χ2v) is 3.83. The van der Waals surface area contributed by atoms with E-state index in [0.717, 1.165) is 5.69 Å². The smallest absolute Gasteiger partial charge is 0.157 e. The lowest BCUT2D eigenvalue weighted by atomic mass is 10.3. The fourth-order valence-corrected chi connectivity index (χ4v) is 1.85. The van der Waals surface area contributed by atoms with E-state index in [2.05, 4.69) is 36.2 Å². The van der Waals surface area contributed by atoms with Gasteiger partial charge in [0.05, 0.1) is 5.69 Å². The van der Waals surface area contributed by atoms with E-state index in [0.29, 0.717) is 21.9 Å². The monoisotopic (exact) mass is 268 g/mol. The molecule has 0 unspecified atom stereocenters. The van der Waals surface area contributed by atoms with Crippen molar-refractivity contribution in [3.05, 3.63) is 16.5 Å². The summed E-state index contributed by atoms with van der Waals surface area (Å²) in [6.07, 6.45) is 0. The van der Waals surface area contributed by atoms with Crippen molar-refractivity contribution in [3.8, 4) is 11.4 Å². The Morgan fingerprint density at radius 2 is 2.13 bits per heavy atom. The molecule has 6 nitrogen and oxygen atoms in total. The van der Waals surface area contributed by atoms with Gasteiger partial charge < -0.3 is 5.73 Å². The van der Waals surface area contributed by atoms with Crippen molar-refractivity contribution >= 4 is 21.7 Å². The molecule has 0 bridgehead atoms. The highest BCUT2D eigenvalue weighted by Gasteiger charge is 2.12. The molecule has 0 radical (unpaired) electrons. The first-order valence-electron chi connectivity index (χ1n) is 4.24. The molecule has 0 spiro atoms. The van der Waals surface area contributed by atoms with Crippen LogP contribution in [0.15, 0.2) is 10.7 Å². The highest BCUT2D eigenvalue weighted by atomic mass is 79.9. The standard InChI is InChI=1S/C8H9BrN6/c1-4-11-5(3-6(10)12-4)7-8(9)13-14-15(7)2/h3H,1-2H3,(H2,10,11,12). The number of aromatic nitrogens is 5. The molecule has 0 aliphatic heterocycles. The number of aryl methyl sites for hydroxylation is 2. The zero-order chi connectivity index (χ0) is 11.0. The van der Waals surface area contributed by atoms with Crippen LogP contribution in [0.5, 0.6) is 0 Å². The van der Waals surface area contributed by atoms with Crippen molar-refractivity contribution < 1.29 is 0 Å². The number of nitrogens with zero attached hydrogens (tertiary/aromatic N) is 5. The highest BCUT2D eigenvalue weighted by Crippen LogP contribution is 2.24. The third-order valence-electron chi connectivity index (χ3n) is 1.89. The maximum absolute atomic E-state index is 5.65. The SMILES string of the molecule is Cc1nc(N)cc(-c2c(Br)nnn2C)n1. The summed E-state index contributed by atoms with van der Waals surface area (Å²) in [6, 6.07) is 1.69. The van der Waals surface area contributed by atoms with Gasteiger partial charge in [0.15, 0.2) is 4.60 Å². The van der Waals surface area contributed by atoms with Crippen molar-refractivity contribution in [1.82, 2.24) is 25.0 Å². The Bertz CT molecular complexity index is 466. The summed E-state index contributed by atoms with van der Waals surface area (Å²) in [5.74, 6) is 1.06. The molecule has 2 heterocycles. The molecule has 0 aromatic carbocycles. The minimum absolute atomic E-state index is 0.436. The van der Waals surface area contributed by atoms with Gasteiger partial charge in [0.2, 0.25) is 0 Å².